The zero-order valence-electron chi connectivity index (χ0n) is 8.95. The van der Waals surface area contributed by atoms with Crippen molar-refractivity contribution in [3.8, 4) is 11.9 Å². The summed E-state index contributed by atoms with van der Waals surface area (Å²) in [6.45, 7) is 4.41. The smallest absolute Gasteiger partial charge is 0.290 e. The maximum atomic E-state index is 5.64. The minimum Gasteiger partial charge on any atom is -0.434 e. The third-order valence-corrected chi connectivity index (χ3v) is 4.93. The molecule has 2 heterocycles. The fourth-order valence-electron chi connectivity index (χ4n) is 1.43. The first-order chi connectivity index (χ1) is 7.35. The molecule has 2 aromatic heterocycles. The van der Waals surface area contributed by atoms with E-state index in [2.05, 4.69) is 13.1 Å². The predicted molar refractivity (Wildman–Crippen MR) is 65.6 cm³/mol. The molecule has 0 spiro atoms. The molecule has 2 rings (SSSR count). The molecule has 5 heteroatoms. The standard InChI is InChI=1S/C10H14O3Si2/c1-14-7-3-5-11-9(7)13-10-8(15-2)4-6-12-10/h3-6H,14-15H2,1-2H3. The van der Waals surface area contributed by atoms with E-state index in [1.54, 1.807) is 12.5 Å². The Labute approximate surface area is 93.1 Å². The Morgan fingerprint density at radius 2 is 1.40 bits per heavy atom. The summed E-state index contributed by atoms with van der Waals surface area (Å²) in [7, 11) is -0.525. The van der Waals surface area contributed by atoms with Crippen molar-refractivity contribution in [1.82, 2.24) is 0 Å². The first-order valence-electron chi connectivity index (χ1n) is 5.15. The summed E-state index contributed by atoms with van der Waals surface area (Å²) < 4.78 is 16.2. The topological polar surface area (TPSA) is 35.5 Å². The van der Waals surface area contributed by atoms with E-state index in [0.29, 0.717) is 11.9 Å². The van der Waals surface area contributed by atoms with Crippen LogP contribution in [-0.2, 0) is 0 Å². The first-order valence-corrected chi connectivity index (χ1v) is 9.40. The molecule has 0 unspecified atom stereocenters. The Hall–Kier alpha value is -1.21. The summed E-state index contributed by atoms with van der Waals surface area (Å²) >= 11 is 0. The van der Waals surface area contributed by atoms with Gasteiger partial charge in [-0.1, -0.05) is 13.1 Å². The second-order valence-electron chi connectivity index (χ2n) is 3.28. The Kier molecular flexibility index (Phi) is 3.12. The summed E-state index contributed by atoms with van der Waals surface area (Å²) in [5.74, 6) is 1.23. The van der Waals surface area contributed by atoms with E-state index in [1.807, 2.05) is 12.1 Å². The highest BCUT2D eigenvalue weighted by atomic mass is 28.2. The van der Waals surface area contributed by atoms with Crippen molar-refractivity contribution in [2.45, 2.75) is 13.1 Å². The van der Waals surface area contributed by atoms with E-state index in [1.165, 1.54) is 10.4 Å². The number of hydrogen-bond acceptors (Lipinski definition) is 3. The predicted octanol–water partition coefficient (Wildman–Crippen LogP) is 0.349. The zero-order valence-corrected chi connectivity index (χ0v) is 11.8. The van der Waals surface area contributed by atoms with Gasteiger partial charge in [0.1, 0.15) is 0 Å². The molecule has 0 saturated heterocycles. The lowest BCUT2D eigenvalue weighted by Crippen LogP contribution is -2.14. The second-order valence-corrected chi connectivity index (χ2v) is 6.21. The van der Waals surface area contributed by atoms with Crippen LogP contribution in [0.2, 0.25) is 13.1 Å². The van der Waals surface area contributed by atoms with Gasteiger partial charge in [0, 0.05) is 10.4 Å². The van der Waals surface area contributed by atoms with E-state index in [9.17, 15) is 0 Å². The van der Waals surface area contributed by atoms with Gasteiger partial charge < -0.3 is 13.6 Å². The molecule has 0 aliphatic rings. The van der Waals surface area contributed by atoms with E-state index < -0.39 is 0 Å². The summed E-state index contributed by atoms with van der Waals surface area (Å²) in [5.41, 5.74) is 0. The number of furan rings is 2. The Morgan fingerprint density at radius 3 is 1.80 bits per heavy atom. The van der Waals surface area contributed by atoms with Crippen LogP contribution in [0.15, 0.2) is 33.5 Å². The molecule has 0 atom stereocenters. The average Bonchev–Trinajstić information content (AvgIpc) is 2.87. The van der Waals surface area contributed by atoms with Crippen molar-refractivity contribution in [2.24, 2.45) is 0 Å². The van der Waals surface area contributed by atoms with Crippen molar-refractivity contribution >= 4 is 29.4 Å². The van der Waals surface area contributed by atoms with Crippen LogP contribution in [0.5, 0.6) is 11.9 Å². The molecule has 2 aromatic rings. The summed E-state index contributed by atoms with van der Waals surface area (Å²) in [5, 5.41) is 2.41. The van der Waals surface area contributed by atoms with Crippen molar-refractivity contribution in [3.63, 3.8) is 0 Å². The maximum absolute atomic E-state index is 5.64. The Balaban J connectivity index is 2.21. The molecule has 0 saturated carbocycles. The van der Waals surface area contributed by atoms with Crippen LogP contribution in [0, 0.1) is 0 Å². The third kappa shape index (κ3) is 2.08. The molecular formula is C10H14O3Si2. The third-order valence-electron chi connectivity index (χ3n) is 2.36. The van der Waals surface area contributed by atoms with Gasteiger partial charge in [0.2, 0.25) is 0 Å². The molecule has 0 bridgehead atoms. The molecule has 3 nitrogen and oxygen atoms in total. The molecule has 0 N–H and O–H groups in total. The normalized spacial score (nSPS) is 12.1. The van der Waals surface area contributed by atoms with Crippen LogP contribution in [0.4, 0.5) is 0 Å². The number of rotatable bonds is 4. The first kappa shape index (κ1) is 10.3. The molecule has 0 aliphatic carbocycles. The minimum absolute atomic E-state index is 0.262. The Morgan fingerprint density at radius 1 is 0.933 bits per heavy atom. The molecule has 0 radical (unpaired) electrons. The van der Waals surface area contributed by atoms with Crippen molar-refractivity contribution in [2.75, 3.05) is 0 Å². The molecule has 0 fully saturated rings. The van der Waals surface area contributed by atoms with Gasteiger partial charge in [0.15, 0.2) is 0 Å². The van der Waals surface area contributed by atoms with Gasteiger partial charge in [0.25, 0.3) is 11.9 Å². The largest absolute Gasteiger partial charge is 0.434 e. The highest BCUT2D eigenvalue weighted by Crippen LogP contribution is 2.18. The SMILES string of the molecule is C[SiH2]c1ccoc1Oc1occc1[SiH2]C. The van der Waals surface area contributed by atoms with Crippen molar-refractivity contribution in [1.29, 1.82) is 0 Å². The van der Waals surface area contributed by atoms with Crippen LogP contribution >= 0.6 is 0 Å². The molecule has 0 amide bonds. The highest BCUT2D eigenvalue weighted by molar-refractivity contribution is 6.53. The monoisotopic (exact) mass is 238 g/mol. The molecule has 15 heavy (non-hydrogen) atoms. The van der Waals surface area contributed by atoms with Crippen LogP contribution in [-0.4, -0.2) is 19.0 Å². The summed E-state index contributed by atoms with van der Waals surface area (Å²) in [6, 6.07) is 3.96. The fraction of sp³-hybridized carbons (Fsp3) is 0.200. The fourth-order valence-corrected chi connectivity index (χ4v) is 2.98. The second kappa shape index (κ2) is 4.54. The van der Waals surface area contributed by atoms with Crippen LogP contribution in [0.25, 0.3) is 0 Å². The van der Waals surface area contributed by atoms with Gasteiger partial charge in [-0.15, -0.1) is 0 Å². The van der Waals surface area contributed by atoms with Gasteiger partial charge in [-0.25, -0.2) is 0 Å². The highest BCUT2D eigenvalue weighted by Gasteiger charge is 2.12. The van der Waals surface area contributed by atoms with Crippen LogP contribution in [0.3, 0.4) is 0 Å². The van der Waals surface area contributed by atoms with Crippen molar-refractivity contribution in [3.05, 3.63) is 24.7 Å². The lowest BCUT2D eigenvalue weighted by Gasteiger charge is -2.01. The molecular weight excluding hydrogens is 224 g/mol. The van der Waals surface area contributed by atoms with Crippen molar-refractivity contribution < 1.29 is 13.6 Å². The van der Waals surface area contributed by atoms with E-state index in [0.717, 1.165) is 0 Å². The van der Waals surface area contributed by atoms with E-state index in [4.69, 9.17) is 13.6 Å². The minimum atomic E-state index is -0.262. The van der Waals surface area contributed by atoms with Crippen LogP contribution < -0.4 is 15.1 Å². The average molecular weight is 238 g/mol. The van der Waals surface area contributed by atoms with E-state index >= 15 is 0 Å². The summed E-state index contributed by atoms with van der Waals surface area (Å²) in [6.07, 6.45) is 3.35. The number of hydrogen-bond donors (Lipinski definition) is 0. The van der Waals surface area contributed by atoms with Crippen LogP contribution in [0.1, 0.15) is 0 Å². The van der Waals surface area contributed by atoms with Gasteiger partial charge in [-0.3, -0.25) is 0 Å². The molecule has 0 aromatic carbocycles. The van der Waals surface area contributed by atoms with E-state index in [-0.39, 0.29) is 19.0 Å². The quantitative estimate of drug-likeness (QED) is 0.721. The van der Waals surface area contributed by atoms with Gasteiger partial charge >= 0.3 is 0 Å². The number of ether oxygens (including phenoxy) is 1. The van der Waals surface area contributed by atoms with Gasteiger partial charge in [-0.05, 0) is 12.1 Å². The zero-order chi connectivity index (χ0) is 10.7. The lowest BCUT2D eigenvalue weighted by molar-refractivity contribution is 0.285. The molecule has 0 aliphatic heterocycles. The maximum Gasteiger partial charge on any atom is 0.290 e. The summed E-state index contributed by atoms with van der Waals surface area (Å²) in [4.78, 5) is 0. The lowest BCUT2D eigenvalue weighted by atomic mass is 10.6. The van der Waals surface area contributed by atoms with Gasteiger partial charge in [-0.2, -0.15) is 0 Å². The van der Waals surface area contributed by atoms with Gasteiger partial charge in [0.05, 0.1) is 31.6 Å². The Bertz CT molecular complexity index is 393. The molecule has 80 valence electrons.